The Labute approximate surface area is 178 Å². The highest BCUT2D eigenvalue weighted by Crippen LogP contribution is 2.31. The number of aliphatic hydroxyl groups is 2. The molecule has 0 spiro atoms. The molecule has 0 fully saturated rings. The van der Waals surface area contributed by atoms with Crippen LogP contribution in [0.5, 0.6) is 0 Å². The molecule has 0 amide bonds. The van der Waals surface area contributed by atoms with Gasteiger partial charge in [-0.1, -0.05) is 63.1 Å². The van der Waals surface area contributed by atoms with Gasteiger partial charge in [0.1, 0.15) is 0 Å². The quantitative estimate of drug-likeness (QED) is 0.510. The molecule has 0 bridgehead atoms. The van der Waals surface area contributed by atoms with Crippen molar-refractivity contribution in [2.24, 2.45) is 0 Å². The maximum atomic E-state index is 10.2. The third-order valence-corrected chi connectivity index (χ3v) is 4.51. The van der Waals surface area contributed by atoms with Crippen LogP contribution in [0, 0.1) is 0 Å². The highest BCUT2D eigenvalue weighted by Gasteiger charge is 2.40. The minimum atomic E-state index is -0.987. The monoisotopic (exact) mass is 418 g/mol. The van der Waals surface area contributed by atoms with Gasteiger partial charge in [0.15, 0.2) is 0 Å². The minimum Gasteiger partial charge on any atom is -0.478 e. The van der Waals surface area contributed by atoms with E-state index in [2.05, 4.69) is 0 Å². The van der Waals surface area contributed by atoms with E-state index in [4.69, 9.17) is 10.2 Å². The molecule has 6 heteroatoms. The third-order valence-electron chi connectivity index (χ3n) is 4.51. The molecular formula is C24H34O6. The van der Waals surface area contributed by atoms with Crippen LogP contribution in [-0.2, 0) is 0 Å². The summed E-state index contributed by atoms with van der Waals surface area (Å²) in [7, 11) is 0. The summed E-state index contributed by atoms with van der Waals surface area (Å²) in [6.45, 7) is 7.40. The van der Waals surface area contributed by atoms with Crippen LogP contribution in [0.3, 0.4) is 0 Å². The van der Waals surface area contributed by atoms with Crippen molar-refractivity contribution >= 4 is 11.9 Å². The lowest BCUT2D eigenvalue weighted by molar-refractivity contribution is -0.140. The predicted molar refractivity (Wildman–Crippen MR) is 118 cm³/mol. The molecule has 0 unspecified atom stereocenters. The summed E-state index contributed by atoms with van der Waals surface area (Å²) in [5.74, 6) is -1.76. The summed E-state index contributed by atoms with van der Waals surface area (Å²) in [5, 5.41) is 36.6. The van der Waals surface area contributed by atoms with Gasteiger partial charge in [-0.3, -0.25) is 0 Å². The van der Waals surface area contributed by atoms with E-state index in [1.807, 2.05) is 13.8 Å². The van der Waals surface area contributed by atoms with E-state index < -0.39 is 23.1 Å². The fourth-order valence-electron chi connectivity index (χ4n) is 2.73. The lowest BCUT2D eigenvalue weighted by atomic mass is 9.79. The maximum absolute atomic E-state index is 10.2. The second kappa shape index (κ2) is 13.5. The van der Waals surface area contributed by atoms with Gasteiger partial charge in [-0.05, 0) is 51.0 Å². The van der Waals surface area contributed by atoms with Gasteiger partial charge in [-0.2, -0.15) is 0 Å². The van der Waals surface area contributed by atoms with Crippen LogP contribution in [0.1, 0.15) is 74.1 Å². The van der Waals surface area contributed by atoms with Crippen LogP contribution in [0.25, 0.3) is 0 Å². The Hall–Kier alpha value is -2.70. The topological polar surface area (TPSA) is 115 Å². The number of benzene rings is 2. The zero-order valence-corrected chi connectivity index (χ0v) is 18.2. The van der Waals surface area contributed by atoms with Crippen LogP contribution < -0.4 is 0 Å². The number of rotatable bonds is 7. The first kappa shape index (κ1) is 27.3. The Balaban J connectivity index is 0.000000426. The van der Waals surface area contributed by atoms with Gasteiger partial charge in [0.2, 0.25) is 0 Å². The first-order valence-corrected chi connectivity index (χ1v) is 10.00. The van der Waals surface area contributed by atoms with Crippen molar-refractivity contribution in [3.05, 3.63) is 71.8 Å². The second-order valence-corrected chi connectivity index (χ2v) is 7.43. The van der Waals surface area contributed by atoms with Crippen molar-refractivity contribution in [2.75, 3.05) is 0 Å². The molecule has 0 aromatic heterocycles. The SMILES string of the molecule is CCCC(O)(CCC)C(C)(C)O.O=C(O)c1ccccc1.O=C(O)c1ccccc1. The minimum absolute atomic E-state index is 0.331. The second-order valence-electron chi connectivity index (χ2n) is 7.43. The van der Waals surface area contributed by atoms with Crippen molar-refractivity contribution in [3.63, 3.8) is 0 Å². The molecule has 166 valence electrons. The molecule has 4 N–H and O–H groups in total. The fourth-order valence-corrected chi connectivity index (χ4v) is 2.73. The summed E-state index contributed by atoms with van der Waals surface area (Å²) in [5.41, 5.74) is -1.23. The Kier molecular flexibility index (Phi) is 12.3. The van der Waals surface area contributed by atoms with Gasteiger partial charge in [0.05, 0.1) is 22.3 Å². The largest absolute Gasteiger partial charge is 0.478 e. The average molecular weight is 419 g/mol. The highest BCUT2D eigenvalue weighted by atomic mass is 16.4. The standard InChI is InChI=1S/C10H22O2.2C7H6O2/c1-5-7-10(12,8-6-2)9(3,4)11;2*8-7(9)6-4-2-1-3-5-6/h11-12H,5-8H2,1-4H3;2*1-5H,(H,8,9). The summed E-state index contributed by atoms with van der Waals surface area (Å²) in [6.07, 6.45) is 3.15. The Bertz CT molecular complexity index is 680. The lowest BCUT2D eigenvalue weighted by Crippen LogP contribution is -2.49. The molecule has 0 heterocycles. The number of hydrogen-bond acceptors (Lipinski definition) is 4. The van der Waals surface area contributed by atoms with E-state index >= 15 is 0 Å². The summed E-state index contributed by atoms with van der Waals surface area (Å²) in [6, 6.07) is 16.6. The molecule has 0 aliphatic rings. The molecule has 30 heavy (non-hydrogen) atoms. The van der Waals surface area contributed by atoms with Crippen LogP contribution in [-0.4, -0.2) is 43.6 Å². The maximum Gasteiger partial charge on any atom is 0.335 e. The summed E-state index contributed by atoms with van der Waals surface area (Å²) >= 11 is 0. The highest BCUT2D eigenvalue weighted by molar-refractivity contribution is 5.87. The smallest absolute Gasteiger partial charge is 0.335 e. The molecule has 0 radical (unpaired) electrons. The molecule has 2 rings (SSSR count). The average Bonchev–Trinajstić information content (AvgIpc) is 2.70. The third kappa shape index (κ3) is 10.2. The van der Waals surface area contributed by atoms with E-state index in [1.54, 1.807) is 74.5 Å². The van der Waals surface area contributed by atoms with Crippen molar-refractivity contribution in [3.8, 4) is 0 Å². The van der Waals surface area contributed by atoms with Gasteiger partial charge in [0.25, 0.3) is 0 Å². The first-order chi connectivity index (χ1) is 14.0. The summed E-state index contributed by atoms with van der Waals surface area (Å²) < 4.78 is 0. The van der Waals surface area contributed by atoms with Crippen molar-refractivity contribution in [1.82, 2.24) is 0 Å². The Morgan fingerprint density at radius 3 is 1.17 bits per heavy atom. The van der Waals surface area contributed by atoms with Crippen LogP contribution in [0.15, 0.2) is 60.7 Å². The summed E-state index contributed by atoms with van der Waals surface area (Å²) in [4.78, 5) is 20.4. The normalized spacial score (nSPS) is 10.7. The van der Waals surface area contributed by atoms with Gasteiger partial charge in [-0.25, -0.2) is 9.59 Å². The molecule has 6 nitrogen and oxygen atoms in total. The number of carboxylic acids is 2. The molecule has 0 saturated heterocycles. The Morgan fingerprint density at radius 1 is 0.700 bits per heavy atom. The van der Waals surface area contributed by atoms with Crippen molar-refractivity contribution in [2.45, 2.75) is 64.6 Å². The molecule has 2 aromatic rings. The van der Waals surface area contributed by atoms with Gasteiger partial charge >= 0.3 is 11.9 Å². The number of carboxylic acid groups (broad SMARTS) is 2. The zero-order valence-electron chi connectivity index (χ0n) is 18.2. The number of hydrogen-bond donors (Lipinski definition) is 4. The lowest BCUT2D eigenvalue weighted by Gasteiger charge is -2.38. The van der Waals surface area contributed by atoms with Crippen molar-refractivity contribution < 1.29 is 30.0 Å². The molecular weight excluding hydrogens is 384 g/mol. The number of carbonyl (C=O) groups is 2. The van der Waals surface area contributed by atoms with E-state index in [1.165, 1.54) is 0 Å². The Morgan fingerprint density at radius 2 is 1.00 bits per heavy atom. The first-order valence-electron chi connectivity index (χ1n) is 10.00. The van der Waals surface area contributed by atoms with E-state index in [0.29, 0.717) is 24.0 Å². The predicted octanol–water partition coefficient (Wildman–Crippen LogP) is 4.86. The van der Waals surface area contributed by atoms with Crippen molar-refractivity contribution in [1.29, 1.82) is 0 Å². The van der Waals surface area contributed by atoms with Crippen LogP contribution in [0.2, 0.25) is 0 Å². The van der Waals surface area contributed by atoms with Gasteiger partial charge in [-0.15, -0.1) is 0 Å². The molecule has 0 aliphatic heterocycles. The van der Waals surface area contributed by atoms with Crippen LogP contribution >= 0.6 is 0 Å². The van der Waals surface area contributed by atoms with Gasteiger partial charge in [0, 0.05) is 0 Å². The molecule has 2 aromatic carbocycles. The van der Waals surface area contributed by atoms with E-state index in [9.17, 15) is 19.8 Å². The molecule has 0 aliphatic carbocycles. The molecule has 0 saturated carbocycles. The van der Waals surface area contributed by atoms with E-state index in [0.717, 1.165) is 12.8 Å². The van der Waals surface area contributed by atoms with Crippen LogP contribution in [0.4, 0.5) is 0 Å². The molecule has 0 atom stereocenters. The van der Waals surface area contributed by atoms with Gasteiger partial charge < -0.3 is 20.4 Å². The number of aromatic carboxylic acids is 2. The van der Waals surface area contributed by atoms with E-state index in [-0.39, 0.29) is 0 Å². The fraction of sp³-hybridized carbons (Fsp3) is 0.417. The zero-order chi connectivity index (χ0) is 23.2.